The van der Waals surface area contributed by atoms with Gasteiger partial charge in [0.25, 0.3) is 0 Å². The van der Waals surface area contributed by atoms with Crippen molar-refractivity contribution in [3.63, 3.8) is 0 Å². The molecular weight excluding hydrogens is 288 g/mol. The number of halogens is 1. The van der Waals surface area contributed by atoms with Crippen LogP contribution in [0.5, 0.6) is 5.75 Å². The summed E-state index contributed by atoms with van der Waals surface area (Å²) in [6.45, 7) is 6.24. The van der Waals surface area contributed by atoms with Gasteiger partial charge in [0.2, 0.25) is 0 Å². The van der Waals surface area contributed by atoms with Gasteiger partial charge in [-0.15, -0.1) is 0 Å². The fraction of sp³-hybridized carbons (Fsp3) is 0.273. The molecule has 0 saturated carbocycles. The number of nitrogens with zero attached hydrogens (tertiary/aromatic N) is 1. The smallest absolute Gasteiger partial charge is 0.333 e. The van der Waals surface area contributed by atoms with Crippen molar-refractivity contribution in [2.45, 2.75) is 6.92 Å². The molecule has 6 heteroatoms. The average molecular weight is 301 g/mol. The normalized spacial score (nSPS) is 9.76. The fourth-order valence-corrected chi connectivity index (χ4v) is 1.46. The fourth-order valence-electron chi connectivity index (χ4n) is 1.32. The van der Waals surface area contributed by atoms with Gasteiger partial charge < -0.3 is 10.1 Å². The molecule has 1 rings (SSSR count). The highest BCUT2D eigenvalue weighted by molar-refractivity contribution is 9.11. The third kappa shape index (κ3) is 3.74. The lowest BCUT2D eigenvalue weighted by atomic mass is 10.2. The highest BCUT2D eigenvalue weighted by atomic mass is 79.9. The largest absolute Gasteiger partial charge is 0.487 e. The summed E-state index contributed by atoms with van der Waals surface area (Å²) < 4.78 is 5.95. The first kappa shape index (κ1) is 13.5. The lowest BCUT2D eigenvalue weighted by molar-refractivity contribution is -0.384. The number of benzene rings is 1. The minimum Gasteiger partial charge on any atom is -0.487 e. The molecule has 0 heterocycles. The Bertz CT molecular complexity index is 435. The highest BCUT2D eigenvalue weighted by Crippen LogP contribution is 2.34. The zero-order valence-corrected chi connectivity index (χ0v) is 11.0. The van der Waals surface area contributed by atoms with Crippen molar-refractivity contribution >= 4 is 27.3 Å². The summed E-state index contributed by atoms with van der Waals surface area (Å²) in [6.07, 6.45) is 0. The molecule has 1 N–H and O–H groups in total. The number of anilines is 1. The van der Waals surface area contributed by atoms with E-state index in [1.165, 1.54) is 0 Å². The molecule has 1 aromatic carbocycles. The number of hydrogen-bond acceptors (Lipinski definition) is 4. The first-order chi connectivity index (χ1) is 8.06. The van der Waals surface area contributed by atoms with Crippen LogP contribution in [0.15, 0.2) is 29.3 Å². The summed E-state index contributed by atoms with van der Waals surface area (Å²) in [4.78, 5) is 10.6. The third-order valence-electron chi connectivity index (χ3n) is 1.95. The molecule has 0 aliphatic heterocycles. The van der Waals surface area contributed by atoms with Gasteiger partial charge in [0.1, 0.15) is 5.69 Å². The van der Waals surface area contributed by atoms with Crippen LogP contribution in [-0.4, -0.2) is 18.1 Å². The van der Waals surface area contributed by atoms with Crippen LogP contribution in [0.3, 0.4) is 0 Å². The Morgan fingerprint density at radius 2 is 2.35 bits per heavy atom. The number of ether oxygens (including phenoxy) is 1. The maximum Gasteiger partial charge on any atom is 0.333 e. The zero-order chi connectivity index (χ0) is 12.8. The van der Waals surface area contributed by atoms with Gasteiger partial charge in [-0.25, -0.2) is 0 Å². The van der Waals surface area contributed by atoms with Gasteiger partial charge in [-0.05, 0) is 19.1 Å². The van der Waals surface area contributed by atoms with Gasteiger partial charge in [-0.2, -0.15) is 0 Å². The van der Waals surface area contributed by atoms with E-state index in [0.29, 0.717) is 23.3 Å². The monoisotopic (exact) mass is 300 g/mol. The molecule has 0 atom stereocenters. The molecular formula is C11H13BrN2O3. The van der Waals surface area contributed by atoms with Crippen LogP contribution < -0.4 is 10.1 Å². The molecule has 0 spiro atoms. The molecule has 17 heavy (non-hydrogen) atoms. The van der Waals surface area contributed by atoms with Crippen molar-refractivity contribution in [2.24, 2.45) is 0 Å². The van der Waals surface area contributed by atoms with E-state index in [1.807, 2.05) is 0 Å². The first-order valence-electron chi connectivity index (χ1n) is 5.03. The Labute approximate surface area is 108 Å². The molecule has 0 bridgehead atoms. The minimum absolute atomic E-state index is 0.0527. The average Bonchev–Trinajstić information content (AvgIpc) is 2.26. The number of nitro benzene ring substituents is 1. The van der Waals surface area contributed by atoms with E-state index in [9.17, 15) is 10.1 Å². The quantitative estimate of drug-likeness (QED) is 0.646. The van der Waals surface area contributed by atoms with Gasteiger partial charge in [0.15, 0.2) is 5.75 Å². The van der Waals surface area contributed by atoms with Crippen molar-refractivity contribution in [3.8, 4) is 5.75 Å². The first-order valence-corrected chi connectivity index (χ1v) is 5.83. The molecule has 0 fully saturated rings. The Morgan fingerprint density at radius 1 is 1.65 bits per heavy atom. The van der Waals surface area contributed by atoms with Crippen molar-refractivity contribution in [1.29, 1.82) is 0 Å². The van der Waals surface area contributed by atoms with Crippen LogP contribution in [-0.2, 0) is 0 Å². The summed E-state index contributed by atoms with van der Waals surface area (Å²) in [5.74, 6) is 0.266. The summed E-state index contributed by atoms with van der Waals surface area (Å²) >= 11 is 3.18. The highest BCUT2D eigenvalue weighted by Gasteiger charge is 2.20. The Hall–Kier alpha value is -1.56. The maximum atomic E-state index is 11.0. The lowest BCUT2D eigenvalue weighted by Gasteiger charge is -2.09. The standard InChI is InChI=1S/C11H13BrN2O3/c1-3-17-10-6-4-5-9(11(10)14(15)16)13-7-8(2)12/h4-6,13H,2-3,7H2,1H3. The SMILES string of the molecule is C=C(Br)CNc1cccc(OCC)c1[N+](=O)[O-]. The van der Waals surface area contributed by atoms with Gasteiger partial charge in [-0.1, -0.05) is 28.6 Å². The summed E-state index contributed by atoms with van der Waals surface area (Å²) in [6, 6.07) is 4.92. The molecule has 92 valence electrons. The van der Waals surface area contributed by atoms with Crippen LogP contribution in [0.25, 0.3) is 0 Å². The van der Waals surface area contributed by atoms with Crippen molar-refractivity contribution in [1.82, 2.24) is 0 Å². The third-order valence-corrected chi connectivity index (χ3v) is 2.23. The minimum atomic E-state index is -0.454. The molecule has 0 aromatic heterocycles. The Morgan fingerprint density at radius 3 is 2.88 bits per heavy atom. The lowest BCUT2D eigenvalue weighted by Crippen LogP contribution is -2.05. The second-order valence-corrected chi connectivity index (χ2v) is 4.33. The van der Waals surface area contributed by atoms with Crippen LogP contribution >= 0.6 is 15.9 Å². The molecule has 5 nitrogen and oxygen atoms in total. The molecule has 0 radical (unpaired) electrons. The Kier molecular flexibility index (Phi) is 4.96. The van der Waals surface area contributed by atoms with Crippen molar-refractivity contribution < 1.29 is 9.66 Å². The van der Waals surface area contributed by atoms with Gasteiger partial charge >= 0.3 is 5.69 Å². The second kappa shape index (κ2) is 6.24. The van der Waals surface area contributed by atoms with Crippen molar-refractivity contribution in [3.05, 3.63) is 39.4 Å². The topological polar surface area (TPSA) is 64.4 Å². The summed E-state index contributed by atoms with van der Waals surface area (Å²) in [5, 5.41) is 13.9. The van der Waals surface area contributed by atoms with E-state index in [2.05, 4.69) is 27.8 Å². The molecule has 0 aliphatic carbocycles. The maximum absolute atomic E-state index is 11.0. The van der Waals surface area contributed by atoms with Crippen molar-refractivity contribution in [2.75, 3.05) is 18.5 Å². The summed E-state index contributed by atoms with van der Waals surface area (Å²) in [5.41, 5.74) is 0.365. The van der Waals surface area contributed by atoms with Crippen LogP contribution in [0.1, 0.15) is 6.92 Å². The molecule has 0 unspecified atom stereocenters. The number of para-hydroxylation sites is 1. The predicted octanol–water partition coefficient (Wildman–Crippen LogP) is 3.31. The van der Waals surface area contributed by atoms with Crippen LogP contribution in [0.4, 0.5) is 11.4 Å². The number of nitro groups is 1. The van der Waals surface area contributed by atoms with Gasteiger partial charge in [-0.3, -0.25) is 10.1 Å². The number of hydrogen-bond donors (Lipinski definition) is 1. The van der Waals surface area contributed by atoms with Gasteiger partial charge in [0.05, 0.1) is 11.5 Å². The second-order valence-electron chi connectivity index (χ2n) is 3.21. The number of nitrogens with one attached hydrogen (secondary N) is 1. The molecule has 0 amide bonds. The van der Waals surface area contributed by atoms with E-state index >= 15 is 0 Å². The molecule has 0 saturated heterocycles. The molecule has 0 aliphatic rings. The number of rotatable bonds is 6. The van der Waals surface area contributed by atoms with E-state index in [-0.39, 0.29) is 11.4 Å². The van der Waals surface area contributed by atoms with E-state index in [0.717, 1.165) is 0 Å². The van der Waals surface area contributed by atoms with Gasteiger partial charge in [0, 0.05) is 11.0 Å². The van der Waals surface area contributed by atoms with E-state index in [1.54, 1.807) is 25.1 Å². The van der Waals surface area contributed by atoms with E-state index < -0.39 is 4.92 Å². The summed E-state index contributed by atoms with van der Waals surface area (Å²) in [7, 11) is 0. The molecule has 1 aromatic rings. The van der Waals surface area contributed by atoms with Crippen LogP contribution in [0, 0.1) is 10.1 Å². The van der Waals surface area contributed by atoms with Crippen LogP contribution in [0.2, 0.25) is 0 Å². The zero-order valence-electron chi connectivity index (χ0n) is 9.40. The Balaban J connectivity index is 3.06. The predicted molar refractivity (Wildman–Crippen MR) is 70.8 cm³/mol. The van der Waals surface area contributed by atoms with E-state index in [4.69, 9.17) is 4.74 Å².